The van der Waals surface area contributed by atoms with Gasteiger partial charge in [0.2, 0.25) is 11.9 Å². The number of hydrogen-bond donors (Lipinski definition) is 2. The molecule has 1 unspecified atom stereocenters. The third-order valence-corrected chi connectivity index (χ3v) is 7.08. The van der Waals surface area contributed by atoms with E-state index >= 15 is 0 Å². The van der Waals surface area contributed by atoms with Crippen LogP contribution in [0.1, 0.15) is 22.1 Å². The van der Waals surface area contributed by atoms with Crippen LogP contribution in [0.5, 0.6) is 0 Å². The molecule has 0 aliphatic carbocycles. The molecule has 1 atom stereocenters. The standard InChI is InChI=1S/C28H32N8O5/c1-34(2)24-22-17-20(7-8-21(22)25(37)41-24)30-28(38)29-19-5-3-18(4-6-19)23-31-26(35-9-13-39-14-10-35)33-27(32-23)36-11-15-40-16-12-36/h3-8,17,24H,9-16H2,1-2H3,(H2,29,30,38). The number of hydrogen-bond acceptors (Lipinski definition) is 11. The van der Waals surface area contributed by atoms with E-state index in [1.165, 1.54) is 0 Å². The summed E-state index contributed by atoms with van der Waals surface area (Å²) in [4.78, 5) is 45.2. The van der Waals surface area contributed by atoms with Crippen molar-refractivity contribution in [3.63, 3.8) is 0 Å². The maximum Gasteiger partial charge on any atom is 0.340 e. The van der Waals surface area contributed by atoms with Crippen molar-refractivity contribution in [1.82, 2.24) is 19.9 Å². The Bertz CT molecular complexity index is 1390. The minimum absolute atomic E-state index is 0.373. The zero-order valence-electron chi connectivity index (χ0n) is 23.0. The Kier molecular flexibility index (Phi) is 7.63. The lowest BCUT2D eigenvalue weighted by Crippen LogP contribution is -2.40. The van der Waals surface area contributed by atoms with E-state index in [1.54, 1.807) is 35.2 Å². The lowest BCUT2D eigenvalue weighted by atomic mass is 10.1. The number of cyclic esters (lactones) is 1. The van der Waals surface area contributed by atoms with Crippen LogP contribution in [0, 0.1) is 0 Å². The molecule has 0 radical (unpaired) electrons. The summed E-state index contributed by atoms with van der Waals surface area (Å²) in [5.41, 5.74) is 3.18. The number of benzene rings is 2. The van der Waals surface area contributed by atoms with Gasteiger partial charge in [0, 0.05) is 48.7 Å². The predicted molar refractivity (Wildman–Crippen MR) is 152 cm³/mol. The molecular weight excluding hydrogens is 528 g/mol. The van der Waals surface area contributed by atoms with Crippen LogP contribution in [0.3, 0.4) is 0 Å². The summed E-state index contributed by atoms with van der Waals surface area (Å²) in [5.74, 6) is 1.44. The van der Waals surface area contributed by atoms with Crippen LogP contribution < -0.4 is 20.4 Å². The van der Waals surface area contributed by atoms with Crippen LogP contribution in [0.15, 0.2) is 42.5 Å². The number of aromatic nitrogens is 3. The Labute approximate surface area is 237 Å². The number of ether oxygens (including phenoxy) is 3. The zero-order valence-corrected chi connectivity index (χ0v) is 23.0. The van der Waals surface area contributed by atoms with Crippen LogP contribution in [0.4, 0.5) is 28.1 Å². The first kappa shape index (κ1) is 26.9. The van der Waals surface area contributed by atoms with Crippen molar-refractivity contribution < 1.29 is 23.8 Å². The summed E-state index contributed by atoms with van der Waals surface area (Å²) >= 11 is 0. The Balaban J connectivity index is 1.17. The van der Waals surface area contributed by atoms with Gasteiger partial charge in [-0.15, -0.1) is 0 Å². The molecule has 0 saturated carbocycles. The van der Waals surface area contributed by atoms with Crippen molar-refractivity contribution in [2.24, 2.45) is 0 Å². The van der Waals surface area contributed by atoms with Gasteiger partial charge in [-0.25, -0.2) is 9.59 Å². The van der Waals surface area contributed by atoms with E-state index in [9.17, 15) is 9.59 Å². The third kappa shape index (κ3) is 5.92. The molecule has 2 N–H and O–H groups in total. The van der Waals surface area contributed by atoms with Crippen LogP contribution in [0.25, 0.3) is 11.4 Å². The normalized spacial score (nSPS) is 18.7. The molecule has 2 aromatic carbocycles. The van der Waals surface area contributed by atoms with Gasteiger partial charge in [0.1, 0.15) is 0 Å². The number of urea groups is 1. The first-order valence-electron chi connectivity index (χ1n) is 13.6. The molecule has 0 bridgehead atoms. The van der Waals surface area contributed by atoms with Crippen molar-refractivity contribution in [2.75, 3.05) is 87.1 Å². The Morgan fingerprint density at radius 1 is 0.829 bits per heavy atom. The van der Waals surface area contributed by atoms with Crippen molar-refractivity contribution in [1.29, 1.82) is 0 Å². The van der Waals surface area contributed by atoms with E-state index in [1.807, 2.05) is 26.2 Å². The first-order chi connectivity index (χ1) is 19.9. The van der Waals surface area contributed by atoms with Crippen LogP contribution in [0.2, 0.25) is 0 Å². The minimum Gasteiger partial charge on any atom is -0.438 e. The predicted octanol–water partition coefficient (Wildman–Crippen LogP) is 2.59. The molecule has 2 fully saturated rings. The number of carbonyl (C=O) groups excluding carboxylic acids is 2. The highest BCUT2D eigenvalue weighted by molar-refractivity contribution is 6.01. The number of esters is 1. The summed E-state index contributed by atoms with van der Waals surface area (Å²) in [6, 6.07) is 12.0. The van der Waals surface area contributed by atoms with Gasteiger partial charge < -0.3 is 34.6 Å². The number of anilines is 4. The van der Waals surface area contributed by atoms with Gasteiger partial charge in [-0.05, 0) is 56.6 Å². The molecule has 3 aliphatic rings. The second-order valence-electron chi connectivity index (χ2n) is 10.1. The summed E-state index contributed by atoms with van der Waals surface area (Å²) in [5, 5.41) is 5.68. The highest BCUT2D eigenvalue weighted by Gasteiger charge is 2.32. The van der Waals surface area contributed by atoms with Crippen molar-refractivity contribution in [3.8, 4) is 11.4 Å². The summed E-state index contributed by atoms with van der Waals surface area (Å²) in [7, 11) is 3.65. The van der Waals surface area contributed by atoms with Crippen LogP contribution >= 0.6 is 0 Å². The quantitative estimate of drug-likeness (QED) is 0.431. The molecule has 0 spiro atoms. The van der Waals surface area contributed by atoms with Crippen molar-refractivity contribution in [2.45, 2.75) is 6.23 Å². The van der Waals surface area contributed by atoms with Crippen molar-refractivity contribution in [3.05, 3.63) is 53.6 Å². The van der Waals surface area contributed by atoms with Gasteiger partial charge >= 0.3 is 12.0 Å². The number of nitrogens with zero attached hydrogens (tertiary/aromatic N) is 6. The molecule has 13 nitrogen and oxygen atoms in total. The number of fused-ring (bicyclic) bond motifs is 1. The van der Waals surface area contributed by atoms with Crippen molar-refractivity contribution >= 4 is 35.3 Å². The highest BCUT2D eigenvalue weighted by Crippen LogP contribution is 2.34. The van der Waals surface area contributed by atoms with Crippen LogP contribution in [-0.4, -0.2) is 98.6 Å². The molecule has 3 aromatic rings. The number of carbonyl (C=O) groups is 2. The van der Waals surface area contributed by atoms with Gasteiger partial charge in [0.25, 0.3) is 0 Å². The van der Waals surface area contributed by atoms with Gasteiger partial charge in [-0.2, -0.15) is 15.0 Å². The van der Waals surface area contributed by atoms with E-state index in [-0.39, 0.29) is 5.97 Å². The Morgan fingerprint density at radius 3 is 1.98 bits per heavy atom. The molecule has 2 amide bonds. The van der Waals surface area contributed by atoms with E-state index in [0.29, 0.717) is 92.8 Å². The fourth-order valence-electron chi connectivity index (χ4n) is 4.93. The molecule has 13 heteroatoms. The molecular formula is C28H32N8O5. The highest BCUT2D eigenvalue weighted by atomic mass is 16.6. The fraction of sp³-hybridized carbons (Fsp3) is 0.393. The van der Waals surface area contributed by atoms with E-state index < -0.39 is 12.3 Å². The monoisotopic (exact) mass is 560 g/mol. The topological polar surface area (TPSA) is 134 Å². The zero-order chi connectivity index (χ0) is 28.3. The average molecular weight is 561 g/mol. The molecule has 2 saturated heterocycles. The van der Waals surface area contributed by atoms with Gasteiger partial charge in [-0.1, -0.05) is 0 Å². The van der Waals surface area contributed by atoms with E-state index in [2.05, 4.69) is 20.4 Å². The summed E-state index contributed by atoms with van der Waals surface area (Å²) in [6.07, 6.45) is -0.488. The minimum atomic E-state index is -0.488. The summed E-state index contributed by atoms with van der Waals surface area (Å²) < 4.78 is 16.4. The lowest BCUT2D eigenvalue weighted by Gasteiger charge is -2.30. The van der Waals surface area contributed by atoms with E-state index in [4.69, 9.17) is 29.2 Å². The second kappa shape index (κ2) is 11.6. The smallest absolute Gasteiger partial charge is 0.340 e. The Hall–Kier alpha value is -4.33. The largest absolute Gasteiger partial charge is 0.438 e. The second-order valence-corrected chi connectivity index (χ2v) is 10.1. The summed E-state index contributed by atoms with van der Waals surface area (Å²) in [6.45, 7) is 5.38. The maximum absolute atomic E-state index is 12.8. The SMILES string of the molecule is CN(C)C1OC(=O)c2ccc(NC(=O)Nc3ccc(-c4nc(N5CCOCC5)nc(N5CCOCC5)n4)cc3)cc21. The maximum atomic E-state index is 12.8. The number of morpholine rings is 2. The number of amides is 2. The Morgan fingerprint density at radius 2 is 1.39 bits per heavy atom. The van der Waals surface area contributed by atoms with E-state index in [0.717, 1.165) is 5.56 Å². The molecule has 214 valence electrons. The molecule has 3 aliphatic heterocycles. The number of nitrogens with one attached hydrogen (secondary N) is 2. The average Bonchev–Trinajstić information content (AvgIpc) is 3.34. The lowest BCUT2D eigenvalue weighted by molar-refractivity contribution is -0.00336. The third-order valence-electron chi connectivity index (χ3n) is 7.08. The fourth-order valence-corrected chi connectivity index (χ4v) is 4.93. The molecule has 1 aromatic heterocycles. The van der Waals surface area contributed by atoms with Gasteiger partial charge in [-0.3, -0.25) is 4.90 Å². The van der Waals surface area contributed by atoms with Gasteiger partial charge in [0.05, 0.1) is 32.0 Å². The molecule has 41 heavy (non-hydrogen) atoms. The molecule has 4 heterocycles. The van der Waals surface area contributed by atoms with Gasteiger partial charge in [0.15, 0.2) is 12.1 Å². The number of rotatable bonds is 6. The first-order valence-corrected chi connectivity index (χ1v) is 13.6. The van der Waals surface area contributed by atoms with Crippen LogP contribution in [-0.2, 0) is 14.2 Å². The molecule has 6 rings (SSSR count).